The van der Waals surface area contributed by atoms with E-state index in [0.29, 0.717) is 27.7 Å². The van der Waals surface area contributed by atoms with Crippen molar-refractivity contribution in [3.05, 3.63) is 119 Å². The zero-order chi connectivity index (χ0) is 31.9. The summed E-state index contributed by atoms with van der Waals surface area (Å²) in [5.74, 6) is -0.472. The van der Waals surface area contributed by atoms with E-state index >= 15 is 0 Å². The van der Waals surface area contributed by atoms with E-state index in [9.17, 15) is 9.59 Å². The molecule has 230 valence electrons. The minimum Gasteiger partial charge on any atom is -0.483 e. The minimum atomic E-state index is -0.611. The molecule has 0 fully saturated rings. The molecule has 2 heterocycles. The molecule has 1 amide bonds. The van der Waals surface area contributed by atoms with Crippen LogP contribution in [-0.4, -0.2) is 41.0 Å². The monoisotopic (exact) mass is 621 g/mol. The quantitative estimate of drug-likeness (QED) is 0.0910. The third-order valence-electron chi connectivity index (χ3n) is 7.45. The first-order valence-corrected chi connectivity index (χ1v) is 15.0. The molecule has 3 N–H and O–H groups in total. The Balaban J connectivity index is 1.24. The van der Waals surface area contributed by atoms with Crippen LogP contribution in [0.1, 0.15) is 42.4 Å². The maximum Gasteiger partial charge on any atom is 0.338 e. The number of hydrogen-bond donors (Lipinski definition) is 3. The SMILES string of the molecule is CCOC(=O)C1=C(C)NC(=S)N[C@H]1c1ccccc1OCC(=O)NN=Cc1cc(C)n(-c2ccc(-c3ccccc3)cc2)c1C. The lowest BCUT2D eigenvalue weighted by Crippen LogP contribution is -2.45. The van der Waals surface area contributed by atoms with Crippen LogP contribution < -0.4 is 20.8 Å². The second-order valence-electron chi connectivity index (χ2n) is 10.5. The van der Waals surface area contributed by atoms with E-state index in [1.54, 1.807) is 32.2 Å². The second kappa shape index (κ2) is 14.0. The van der Waals surface area contributed by atoms with E-state index in [0.717, 1.165) is 28.2 Å². The third kappa shape index (κ3) is 7.13. The number of hydrogen-bond acceptors (Lipinski definition) is 6. The molecule has 0 spiro atoms. The number of aromatic nitrogens is 1. The summed E-state index contributed by atoms with van der Waals surface area (Å²) in [5.41, 5.74) is 10.5. The minimum absolute atomic E-state index is 0.233. The van der Waals surface area contributed by atoms with Crippen LogP contribution in [0.25, 0.3) is 16.8 Å². The van der Waals surface area contributed by atoms with Crippen LogP contribution in [0.5, 0.6) is 5.75 Å². The highest BCUT2D eigenvalue weighted by Gasteiger charge is 2.32. The van der Waals surface area contributed by atoms with E-state index in [4.69, 9.17) is 21.7 Å². The highest BCUT2D eigenvalue weighted by Crippen LogP contribution is 2.33. The van der Waals surface area contributed by atoms with Crippen LogP contribution >= 0.6 is 12.2 Å². The molecule has 0 bridgehead atoms. The summed E-state index contributed by atoms with van der Waals surface area (Å²) < 4.78 is 13.3. The van der Waals surface area contributed by atoms with Crippen molar-refractivity contribution >= 4 is 35.4 Å². The summed E-state index contributed by atoms with van der Waals surface area (Å²) in [6, 6.07) is 27.3. The number of hydrazone groups is 1. The normalized spacial score (nSPS) is 14.6. The molecule has 1 aliphatic rings. The summed E-state index contributed by atoms with van der Waals surface area (Å²) in [5, 5.41) is 10.7. The summed E-state index contributed by atoms with van der Waals surface area (Å²) >= 11 is 5.34. The number of para-hydroxylation sites is 1. The molecule has 0 aliphatic carbocycles. The van der Waals surface area contributed by atoms with Crippen LogP contribution in [0.3, 0.4) is 0 Å². The molecule has 3 aromatic carbocycles. The number of nitrogens with zero attached hydrogens (tertiary/aromatic N) is 2. The van der Waals surface area contributed by atoms with Crippen LogP contribution in [0.2, 0.25) is 0 Å². The van der Waals surface area contributed by atoms with Crippen LogP contribution in [0.15, 0.2) is 101 Å². The summed E-state index contributed by atoms with van der Waals surface area (Å²) in [7, 11) is 0. The van der Waals surface area contributed by atoms with Gasteiger partial charge in [-0.3, -0.25) is 4.79 Å². The number of esters is 1. The third-order valence-corrected chi connectivity index (χ3v) is 7.67. The number of nitrogens with one attached hydrogen (secondary N) is 3. The van der Waals surface area contributed by atoms with Gasteiger partial charge in [0.2, 0.25) is 0 Å². The van der Waals surface area contributed by atoms with Crippen LogP contribution in [0, 0.1) is 13.8 Å². The smallest absolute Gasteiger partial charge is 0.338 e. The Morgan fingerprint density at radius 3 is 2.40 bits per heavy atom. The number of carbonyl (C=O) groups excluding carboxylic acids is 2. The van der Waals surface area contributed by atoms with E-state index in [-0.39, 0.29) is 13.2 Å². The predicted octanol–water partition coefficient (Wildman–Crippen LogP) is 5.65. The van der Waals surface area contributed by atoms with Crippen LogP contribution in [0.4, 0.5) is 0 Å². The van der Waals surface area contributed by atoms with Gasteiger partial charge in [-0.1, -0.05) is 60.7 Å². The number of aryl methyl sites for hydroxylation is 1. The molecule has 4 aromatic rings. The van der Waals surface area contributed by atoms with Crippen molar-refractivity contribution in [3.8, 4) is 22.6 Å². The van der Waals surface area contributed by atoms with Gasteiger partial charge in [-0.25, -0.2) is 10.2 Å². The summed E-state index contributed by atoms with van der Waals surface area (Å²) in [6.45, 7) is 7.51. The standard InChI is InChI=1S/C35H35N5O4S/c1-5-43-34(42)32-23(3)37-35(45)38-33(32)29-13-9-10-14-30(29)44-21-31(41)39-36-20-27-19-22(2)40(24(27)4)28-17-15-26(16-18-28)25-11-7-6-8-12-25/h6-20,33H,5,21H2,1-4H3,(H,39,41)(H2,37,38,45)/t33-/m0/s1. The van der Waals surface area contributed by atoms with Crippen molar-refractivity contribution in [2.45, 2.75) is 33.7 Å². The maximum atomic E-state index is 12.8. The van der Waals surface area contributed by atoms with Crippen molar-refractivity contribution in [1.82, 2.24) is 20.6 Å². The van der Waals surface area contributed by atoms with Crippen molar-refractivity contribution in [3.63, 3.8) is 0 Å². The molecular formula is C35H35N5O4S. The molecule has 0 saturated heterocycles. The Labute approximate surface area is 267 Å². The average Bonchev–Trinajstić information content (AvgIpc) is 3.32. The van der Waals surface area contributed by atoms with Gasteiger partial charge in [-0.2, -0.15) is 5.10 Å². The lowest BCUT2D eigenvalue weighted by atomic mass is 9.95. The van der Waals surface area contributed by atoms with Crippen molar-refractivity contribution < 1.29 is 19.1 Å². The summed E-state index contributed by atoms with van der Waals surface area (Å²) in [6.07, 6.45) is 1.63. The first-order chi connectivity index (χ1) is 21.8. The van der Waals surface area contributed by atoms with Gasteiger partial charge in [0.1, 0.15) is 5.75 Å². The van der Waals surface area contributed by atoms with Crippen LogP contribution in [-0.2, 0) is 14.3 Å². The fourth-order valence-electron chi connectivity index (χ4n) is 5.36. The predicted molar refractivity (Wildman–Crippen MR) is 179 cm³/mol. The van der Waals surface area contributed by atoms with Gasteiger partial charge in [0.05, 0.1) is 24.4 Å². The van der Waals surface area contributed by atoms with E-state index in [1.165, 1.54) is 5.56 Å². The largest absolute Gasteiger partial charge is 0.483 e. The van der Waals surface area contributed by atoms with E-state index < -0.39 is 17.9 Å². The van der Waals surface area contributed by atoms with Crippen molar-refractivity contribution in [2.24, 2.45) is 5.10 Å². The highest BCUT2D eigenvalue weighted by molar-refractivity contribution is 7.80. The fourth-order valence-corrected chi connectivity index (χ4v) is 5.63. The number of thiocarbonyl (C=S) groups is 1. The Kier molecular flexibility index (Phi) is 9.74. The Bertz CT molecular complexity index is 1780. The molecule has 1 aromatic heterocycles. The van der Waals surface area contributed by atoms with Gasteiger partial charge in [0.15, 0.2) is 11.7 Å². The van der Waals surface area contributed by atoms with Gasteiger partial charge in [-0.05, 0) is 75.3 Å². The van der Waals surface area contributed by atoms with Crippen molar-refractivity contribution in [2.75, 3.05) is 13.2 Å². The molecule has 5 rings (SSSR count). The van der Waals surface area contributed by atoms with E-state index in [1.807, 2.05) is 50.2 Å². The molecule has 1 aliphatic heterocycles. The van der Waals surface area contributed by atoms with Crippen molar-refractivity contribution in [1.29, 1.82) is 0 Å². The molecule has 10 heteroatoms. The maximum absolute atomic E-state index is 12.8. The van der Waals surface area contributed by atoms with E-state index in [2.05, 4.69) is 62.1 Å². The Morgan fingerprint density at radius 1 is 0.978 bits per heavy atom. The zero-order valence-electron chi connectivity index (χ0n) is 25.6. The topological polar surface area (TPSA) is 106 Å². The average molecular weight is 622 g/mol. The lowest BCUT2D eigenvalue weighted by molar-refractivity contribution is -0.139. The van der Waals surface area contributed by atoms with Gasteiger partial charge >= 0.3 is 5.97 Å². The number of carbonyl (C=O) groups is 2. The molecule has 0 saturated carbocycles. The number of benzene rings is 3. The summed E-state index contributed by atoms with van der Waals surface area (Å²) in [4.78, 5) is 25.5. The van der Waals surface area contributed by atoms with Gasteiger partial charge in [0.25, 0.3) is 5.91 Å². The number of rotatable bonds is 10. The van der Waals surface area contributed by atoms with Gasteiger partial charge in [-0.15, -0.1) is 0 Å². The molecule has 1 atom stereocenters. The van der Waals surface area contributed by atoms with Gasteiger partial charge < -0.3 is 24.7 Å². The molecule has 0 radical (unpaired) electrons. The molecule has 9 nitrogen and oxygen atoms in total. The highest BCUT2D eigenvalue weighted by atomic mass is 32.1. The Hall–Kier alpha value is -5.22. The number of allylic oxidation sites excluding steroid dienone is 1. The molecule has 45 heavy (non-hydrogen) atoms. The Morgan fingerprint density at radius 2 is 1.67 bits per heavy atom. The van der Waals surface area contributed by atoms with Gasteiger partial charge in [0, 0.05) is 33.9 Å². The molecular weight excluding hydrogens is 586 g/mol. The zero-order valence-corrected chi connectivity index (χ0v) is 26.4. The molecule has 0 unspecified atom stereocenters. The first-order valence-electron chi connectivity index (χ1n) is 14.6. The second-order valence-corrected chi connectivity index (χ2v) is 10.9. The number of ether oxygens (including phenoxy) is 2. The lowest BCUT2D eigenvalue weighted by Gasteiger charge is -2.30. The fraction of sp³-hybridized carbons (Fsp3) is 0.200. The number of amides is 1. The first kappa shape index (κ1) is 31.2.